The zero-order chi connectivity index (χ0) is 22.7. The largest absolute Gasteiger partial charge is 0.486 e. The van der Waals surface area contributed by atoms with Gasteiger partial charge in [0.15, 0.2) is 5.76 Å². The predicted octanol–water partition coefficient (Wildman–Crippen LogP) is 6.23. The van der Waals surface area contributed by atoms with Crippen LogP contribution in [0.5, 0.6) is 5.75 Å². The van der Waals surface area contributed by atoms with Crippen LogP contribution < -0.4 is 10.1 Å². The van der Waals surface area contributed by atoms with E-state index in [1.807, 2.05) is 67.1 Å². The molecule has 8 heteroatoms. The number of anilines is 1. The number of ether oxygens (including phenoxy) is 1. The molecule has 32 heavy (non-hydrogen) atoms. The van der Waals surface area contributed by atoms with Crippen LogP contribution in [0.3, 0.4) is 0 Å². The van der Waals surface area contributed by atoms with Gasteiger partial charge in [0, 0.05) is 8.59 Å². The summed E-state index contributed by atoms with van der Waals surface area (Å²) in [7, 11) is 0. The van der Waals surface area contributed by atoms with Crippen molar-refractivity contribution in [2.45, 2.75) is 27.0 Å². The first-order chi connectivity index (χ1) is 15.4. The van der Waals surface area contributed by atoms with E-state index in [9.17, 15) is 4.79 Å². The topological polar surface area (TPSA) is 69.3 Å². The molecule has 2 aromatic heterocycles. The van der Waals surface area contributed by atoms with Gasteiger partial charge >= 0.3 is 0 Å². The third-order valence-electron chi connectivity index (χ3n) is 4.95. The molecule has 4 aromatic rings. The van der Waals surface area contributed by atoms with Crippen molar-refractivity contribution in [1.82, 2.24) is 9.78 Å². The minimum absolute atomic E-state index is 0.218. The molecular weight excluding hydrogens is 541 g/mol. The van der Waals surface area contributed by atoms with Gasteiger partial charge in [0.2, 0.25) is 0 Å². The Labute approximate surface area is 204 Å². The van der Waals surface area contributed by atoms with Gasteiger partial charge in [-0.3, -0.25) is 9.48 Å². The Bertz CT molecular complexity index is 1230. The van der Waals surface area contributed by atoms with E-state index in [-0.39, 0.29) is 18.3 Å². The fourth-order valence-corrected chi connectivity index (χ4v) is 3.72. The highest BCUT2D eigenvalue weighted by Gasteiger charge is 2.18. The molecule has 0 unspecified atom stereocenters. The lowest BCUT2D eigenvalue weighted by atomic mass is 10.2. The van der Waals surface area contributed by atoms with E-state index in [0.717, 1.165) is 26.3 Å². The highest BCUT2D eigenvalue weighted by atomic mass is 127. The Hall–Kier alpha value is -2.78. The third kappa shape index (κ3) is 5.34. The van der Waals surface area contributed by atoms with E-state index in [1.165, 1.54) is 0 Å². The summed E-state index contributed by atoms with van der Waals surface area (Å²) in [5.41, 5.74) is 3.34. The molecule has 1 amide bonds. The van der Waals surface area contributed by atoms with E-state index < -0.39 is 0 Å². The van der Waals surface area contributed by atoms with Crippen molar-refractivity contribution in [2.24, 2.45) is 0 Å². The number of rotatable bonds is 7. The quantitative estimate of drug-likeness (QED) is 0.272. The molecule has 0 aliphatic heterocycles. The predicted molar refractivity (Wildman–Crippen MR) is 132 cm³/mol. The molecule has 2 heterocycles. The molecule has 0 atom stereocenters. The lowest BCUT2D eigenvalue weighted by Crippen LogP contribution is -2.12. The molecule has 0 aliphatic carbocycles. The van der Waals surface area contributed by atoms with Crippen LogP contribution in [0.2, 0.25) is 5.02 Å². The maximum atomic E-state index is 12.8. The van der Waals surface area contributed by atoms with Gasteiger partial charge in [0.25, 0.3) is 5.91 Å². The molecule has 0 saturated heterocycles. The normalized spacial score (nSPS) is 10.9. The summed E-state index contributed by atoms with van der Waals surface area (Å²) in [4.78, 5) is 12.8. The molecule has 0 aliphatic rings. The maximum absolute atomic E-state index is 12.8. The molecule has 0 radical (unpaired) electrons. The van der Waals surface area contributed by atoms with Crippen LogP contribution in [0, 0.1) is 17.4 Å². The summed E-state index contributed by atoms with van der Waals surface area (Å²) < 4.78 is 14.4. The fraction of sp³-hybridized carbons (Fsp3) is 0.167. The highest BCUT2D eigenvalue weighted by molar-refractivity contribution is 14.1. The van der Waals surface area contributed by atoms with Gasteiger partial charge < -0.3 is 14.5 Å². The first-order valence-corrected chi connectivity index (χ1v) is 11.4. The third-order valence-corrected chi connectivity index (χ3v) is 5.92. The number of amides is 1. The second kappa shape index (κ2) is 9.79. The number of benzene rings is 2. The molecule has 6 nitrogen and oxygen atoms in total. The van der Waals surface area contributed by atoms with Gasteiger partial charge in [-0.15, -0.1) is 0 Å². The van der Waals surface area contributed by atoms with Crippen molar-refractivity contribution in [1.29, 1.82) is 0 Å². The van der Waals surface area contributed by atoms with Crippen LogP contribution in [0.15, 0.2) is 65.1 Å². The van der Waals surface area contributed by atoms with E-state index in [2.05, 4.69) is 33.0 Å². The summed E-state index contributed by atoms with van der Waals surface area (Å²) in [5.74, 6) is 1.20. The molecular formula is C24H21ClIN3O3. The Morgan fingerprint density at radius 2 is 1.81 bits per heavy atom. The monoisotopic (exact) mass is 561 g/mol. The summed E-state index contributed by atoms with van der Waals surface area (Å²) in [6, 6.07) is 18.7. The number of carbonyl (C=O) groups excluding carboxylic acids is 1. The van der Waals surface area contributed by atoms with E-state index in [4.69, 9.17) is 20.8 Å². The number of carbonyl (C=O) groups is 1. The standard InChI is InChI=1S/C24H21ClIN3O3/c1-15-23(16(2)29(28-15)13-17-3-5-18(25)6-4-17)27-24(30)22-12-11-21(32-22)14-31-20-9-7-19(26)8-10-20/h3-12H,13-14H2,1-2H3,(H,27,30). The second-order valence-corrected chi connectivity index (χ2v) is 8.97. The number of halogens is 2. The number of aromatic nitrogens is 2. The second-order valence-electron chi connectivity index (χ2n) is 7.29. The first-order valence-electron chi connectivity index (χ1n) is 9.96. The number of furan rings is 1. The van der Waals surface area contributed by atoms with Crippen LogP contribution in [0.4, 0.5) is 5.69 Å². The molecule has 2 aromatic carbocycles. The molecule has 0 spiro atoms. The Balaban J connectivity index is 1.41. The number of hydrogen-bond acceptors (Lipinski definition) is 4. The number of hydrogen-bond donors (Lipinski definition) is 1. The van der Waals surface area contributed by atoms with Crippen LogP contribution in [-0.4, -0.2) is 15.7 Å². The lowest BCUT2D eigenvalue weighted by Gasteiger charge is -2.07. The Morgan fingerprint density at radius 3 is 2.53 bits per heavy atom. The van der Waals surface area contributed by atoms with Gasteiger partial charge in [-0.2, -0.15) is 5.10 Å². The summed E-state index contributed by atoms with van der Waals surface area (Å²) in [6.45, 7) is 4.61. The molecule has 1 N–H and O–H groups in total. The van der Waals surface area contributed by atoms with Gasteiger partial charge in [-0.1, -0.05) is 23.7 Å². The van der Waals surface area contributed by atoms with Crippen LogP contribution in [0.1, 0.15) is 33.3 Å². The van der Waals surface area contributed by atoms with Crippen molar-refractivity contribution in [3.63, 3.8) is 0 Å². The molecule has 4 rings (SSSR count). The lowest BCUT2D eigenvalue weighted by molar-refractivity contribution is 0.0992. The number of aryl methyl sites for hydroxylation is 1. The Kier molecular flexibility index (Phi) is 6.86. The van der Waals surface area contributed by atoms with E-state index in [1.54, 1.807) is 12.1 Å². The van der Waals surface area contributed by atoms with E-state index in [0.29, 0.717) is 23.0 Å². The van der Waals surface area contributed by atoms with E-state index >= 15 is 0 Å². The van der Waals surface area contributed by atoms with Gasteiger partial charge in [0.1, 0.15) is 18.1 Å². The average molecular weight is 562 g/mol. The van der Waals surface area contributed by atoms with Crippen molar-refractivity contribution in [3.8, 4) is 5.75 Å². The Morgan fingerprint density at radius 1 is 1.09 bits per heavy atom. The molecule has 0 saturated carbocycles. The minimum Gasteiger partial charge on any atom is -0.486 e. The van der Waals surface area contributed by atoms with Gasteiger partial charge in [0.05, 0.1) is 23.6 Å². The van der Waals surface area contributed by atoms with Crippen molar-refractivity contribution in [3.05, 3.63) is 97.7 Å². The number of nitrogens with one attached hydrogen (secondary N) is 1. The van der Waals surface area contributed by atoms with Gasteiger partial charge in [-0.25, -0.2) is 0 Å². The molecule has 0 bridgehead atoms. The minimum atomic E-state index is -0.331. The zero-order valence-corrected chi connectivity index (χ0v) is 20.5. The van der Waals surface area contributed by atoms with Crippen molar-refractivity contribution >= 4 is 45.8 Å². The molecule has 164 valence electrons. The smallest absolute Gasteiger partial charge is 0.291 e. The van der Waals surface area contributed by atoms with Crippen LogP contribution in [-0.2, 0) is 13.2 Å². The van der Waals surface area contributed by atoms with Crippen LogP contribution in [0.25, 0.3) is 0 Å². The summed E-state index contributed by atoms with van der Waals surface area (Å²) in [5, 5.41) is 8.18. The maximum Gasteiger partial charge on any atom is 0.291 e. The summed E-state index contributed by atoms with van der Waals surface area (Å²) >= 11 is 8.20. The SMILES string of the molecule is Cc1nn(Cc2ccc(Cl)cc2)c(C)c1NC(=O)c1ccc(COc2ccc(I)cc2)o1. The van der Waals surface area contributed by atoms with Gasteiger partial charge in [-0.05, 0) is 90.5 Å². The van der Waals surface area contributed by atoms with Crippen LogP contribution >= 0.6 is 34.2 Å². The fourth-order valence-electron chi connectivity index (χ4n) is 3.23. The highest BCUT2D eigenvalue weighted by Crippen LogP contribution is 2.23. The number of nitrogens with zero attached hydrogens (tertiary/aromatic N) is 2. The molecule has 0 fully saturated rings. The van der Waals surface area contributed by atoms with Crippen molar-refractivity contribution in [2.75, 3.05) is 5.32 Å². The average Bonchev–Trinajstić information content (AvgIpc) is 3.35. The van der Waals surface area contributed by atoms with Crippen molar-refractivity contribution < 1.29 is 13.9 Å². The summed E-state index contributed by atoms with van der Waals surface area (Å²) in [6.07, 6.45) is 0. The zero-order valence-electron chi connectivity index (χ0n) is 17.6. The first kappa shape index (κ1) is 22.4.